The first-order valence-corrected chi connectivity index (χ1v) is 5.16. The Morgan fingerprint density at radius 1 is 1.40 bits per heavy atom. The second kappa shape index (κ2) is 3.24. The normalized spacial score (nSPS) is 21.2. The maximum atomic E-state index is 5.93. The fraction of sp³-hybridized carbons (Fsp3) is 0.364. The average Bonchev–Trinajstić information content (AvgIpc) is 2.82. The molecular formula is C11H13N3O. The quantitative estimate of drug-likeness (QED) is 0.765. The van der Waals surface area contributed by atoms with Crippen LogP contribution in [0.25, 0.3) is 11.0 Å². The van der Waals surface area contributed by atoms with Gasteiger partial charge in [-0.3, -0.25) is 0 Å². The van der Waals surface area contributed by atoms with Crippen LogP contribution in [0, 0.1) is 0 Å². The monoisotopic (exact) mass is 203 g/mol. The van der Waals surface area contributed by atoms with Crippen LogP contribution in [0.5, 0.6) is 0 Å². The standard InChI is InChI=1S/C11H13N3O/c12-11-13-9-3-1-2-4-10(9)14(11)8-5-6-15-7-8/h1-4,8H,5-7H2,(H2,12,13). The minimum absolute atomic E-state index is 0.345. The molecule has 4 heteroatoms. The van der Waals surface area contributed by atoms with Gasteiger partial charge in [-0.2, -0.15) is 0 Å². The van der Waals surface area contributed by atoms with Crippen molar-refractivity contribution in [2.75, 3.05) is 18.9 Å². The van der Waals surface area contributed by atoms with E-state index in [1.165, 1.54) is 0 Å². The Hall–Kier alpha value is -1.55. The van der Waals surface area contributed by atoms with Crippen molar-refractivity contribution in [1.29, 1.82) is 0 Å². The number of hydrogen-bond acceptors (Lipinski definition) is 3. The number of fused-ring (bicyclic) bond motifs is 1. The van der Waals surface area contributed by atoms with E-state index < -0.39 is 0 Å². The van der Waals surface area contributed by atoms with Gasteiger partial charge in [0.2, 0.25) is 5.95 Å². The summed E-state index contributed by atoms with van der Waals surface area (Å²) in [6.45, 7) is 1.56. The second-order valence-corrected chi connectivity index (χ2v) is 3.85. The number of hydrogen-bond donors (Lipinski definition) is 1. The largest absolute Gasteiger partial charge is 0.379 e. The molecule has 1 fully saturated rings. The van der Waals surface area contributed by atoms with Crippen molar-refractivity contribution in [2.24, 2.45) is 0 Å². The van der Waals surface area contributed by atoms with E-state index in [2.05, 4.69) is 15.6 Å². The predicted octanol–water partition coefficient (Wildman–Crippen LogP) is 1.58. The van der Waals surface area contributed by atoms with Crippen LogP contribution in [0.4, 0.5) is 5.95 Å². The number of nitrogen functional groups attached to an aromatic ring is 1. The molecular weight excluding hydrogens is 190 g/mol. The minimum Gasteiger partial charge on any atom is -0.379 e. The number of benzene rings is 1. The van der Waals surface area contributed by atoms with Gasteiger partial charge in [-0.1, -0.05) is 12.1 Å². The van der Waals surface area contributed by atoms with Crippen LogP contribution in [-0.2, 0) is 4.74 Å². The second-order valence-electron chi connectivity index (χ2n) is 3.85. The maximum Gasteiger partial charge on any atom is 0.201 e. The highest BCUT2D eigenvalue weighted by molar-refractivity contribution is 5.78. The van der Waals surface area contributed by atoms with Crippen LogP contribution in [0.3, 0.4) is 0 Å². The Balaban J connectivity index is 2.19. The molecule has 1 aromatic carbocycles. The van der Waals surface area contributed by atoms with Crippen molar-refractivity contribution < 1.29 is 4.74 Å². The number of imidazole rings is 1. The lowest BCUT2D eigenvalue weighted by Gasteiger charge is -2.12. The van der Waals surface area contributed by atoms with Gasteiger partial charge in [0.25, 0.3) is 0 Å². The molecule has 0 aliphatic carbocycles. The molecule has 2 heterocycles. The Morgan fingerprint density at radius 2 is 2.27 bits per heavy atom. The summed E-state index contributed by atoms with van der Waals surface area (Å²) < 4.78 is 7.47. The number of aromatic nitrogens is 2. The molecule has 78 valence electrons. The molecule has 0 saturated carbocycles. The highest BCUT2D eigenvalue weighted by Crippen LogP contribution is 2.27. The van der Waals surface area contributed by atoms with E-state index in [-0.39, 0.29) is 0 Å². The van der Waals surface area contributed by atoms with E-state index in [0.29, 0.717) is 12.0 Å². The predicted molar refractivity (Wildman–Crippen MR) is 58.6 cm³/mol. The zero-order valence-electron chi connectivity index (χ0n) is 8.39. The molecule has 2 N–H and O–H groups in total. The number of nitrogens with two attached hydrogens (primary N) is 1. The third-order valence-corrected chi connectivity index (χ3v) is 2.89. The zero-order valence-corrected chi connectivity index (χ0v) is 8.39. The fourth-order valence-corrected chi connectivity index (χ4v) is 2.17. The molecule has 0 spiro atoms. The minimum atomic E-state index is 0.345. The SMILES string of the molecule is Nc1nc2ccccc2n1C1CCOC1. The van der Waals surface area contributed by atoms with Gasteiger partial charge in [0.1, 0.15) is 0 Å². The van der Waals surface area contributed by atoms with Gasteiger partial charge in [-0.25, -0.2) is 4.98 Å². The summed E-state index contributed by atoms with van der Waals surface area (Å²) in [5, 5.41) is 0. The van der Waals surface area contributed by atoms with E-state index in [4.69, 9.17) is 10.5 Å². The number of ether oxygens (including phenoxy) is 1. The first kappa shape index (κ1) is 8.73. The number of anilines is 1. The van der Waals surface area contributed by atoms with Gasteiger partial charge in [0.05, 0.1) is 23.7 Å². The van der Waals surface area contributed by atoms with E-state index in [9.17, 15) is 0 Å². The molecule has 0 amide bonds. The van der Waals surface area contributed by atoms with Crippen LogP contribution < -0.4 is 5.73 Å². The topological polar surface area (TPSA) is 53.1 Å². The third kappa shape index (κ3) is 1.29. The van der Waals surface area contributed by atoms with Crippen LogP contribution in [0.15, 0.2) is 24.3 Å². The molecule has 0 bridgehead atoms. The molecule has 1 unspecified atom stereocenters. The highest BCUT2D eigenvalue weighted by atomic mass is 16.5. The smallest absolute Gasteiger partial charge is 0.201 e. The van der Waals surface area contributed by atoms with Crippen LogP contribution in [0.1, 0.15) is 12.5 Å². The summed E-state index contributed by atoms with van der Waals surface area (Å²) in [7, 11) is 0. The molecule has 15 heavy (non-hydrogen) atoms. The van der Waals surface area contributed by atoms with Crippen molar-refractivity contribution in [3.8, 4) is 0 Å². The highest BCUT2D eigenvalue weighted by Gasteiger charge is 2.21. The van der Waals surface area contributed by atoms with E-state index in [1.54, 1.807) is 0 Å². The fourth-order valence-electron chi connectivity index (χ4n) is 2.17. The van der Waals surface area contributed by atoms with Gasteiger partial charge >= 0.3 is 0 Å². The van der Waals surface area contributed by atoms with Gasteiger partial charge < -0.3 is 15.0 Å². The Bertz CT molecular complexity index is 486. The Labute approximate surface area is 87.7 Å². The van der Waals surface area contributed by atoms with Crippen LogP contribution >= 0.6 is 0 Å². The molecule has 0 radical (unpaired) electrons. The van der Waals surface area contributed by atoms with Gasteiger partial charge in [-0.15, -0.1) is 0 Å². The zero-order chi connectivity index (χ0) is 10.3. The van der Waals surface area contributed by atoms with Crippen molar-refractivity contribution in [2.45, 2.75) is 12.5 Å². The molecule has 1 aromatic heterocycles. The molecule has 4 nitrogen and oxygen atoms in total. The van der Waals surface area contributed by atoms with Gasteiger partial charge in [-0.05, 0) is 18.6 Å². The molecule has 1 aliphatic heterocycles. The molecule has 1 aliphatic rings. The van der Waals surface area contributed by atoms with Crippen LogP contribution in [0.2, 0.25) is 0 Å². The lowest BCUT2D eigenvalue weighted by Crippen LogP contribution is -2.11. The Kier molecular flexibility index (Phi) is 1.89. The summed E-state index contributed by atoms with van der Waals surface area (Å²) in [6.07, 6.45) is 1.02. The lowest BCUT2D eigenvalue weighted by atomic mass is 10.2. The molecule has 3 rings (SSSR count). The number of para-hydroxylation sites is 2. The third-order valence-electron chi connectivity index (χ3n) is 2.89. The summed E-state index contributed by atoms with van der Waals surface area (Å²) in [5.74, 6) is 0.590. The summed E-state index contributed by atoms with van der Waals surface area (Å²) in [5.41, 5.74) is 7.99. The van der Waals surface area contributed by atoms with E-state index in [0.717, 1.165) is 30.7 Å². The van der Waals surface area contributed by atoms with E-state index in [1.807, 2.05) is 18.2 Å². The summed E-state index contributed by atoms with van der Waals surface area (Å²) in [4.78, 5) is 4.34. The van der Waals surface area contributed by atoms with Crippen molar-refractivity contribution >= 4 is 17.0 Å². The molecule has 2 aromatic rings. The maximum absolute atomic E-state index is 5.93. The lowest BCUT2D eigenvalue weighted by molar-refractivity contribution is 0.187. The molecule has 1 atom stereocenters. The first-order chi connectivity index (χ1) is 7.36. The first-order valence-electron chi connectivity index (χ1n) is 5.16. The van der Waals surface area contributed by atoms with Crippen molar-refractivity contribution in [3.05, 3.63) is 24.3 Å². The van der Waals surface area contributed by atoms with Crippen molar-refractivity contribution in [3.63, 3.8) is 0 Å². The van der Waals surface area contributed by atoms with Crippen molar-refractivity contribution in [1.82, 2.24) is 9.55 Å². The summed E-state index contributed by atoms with van der Waals surface area (Å²) in [6, 6.07) is 8.37. The number of rotatable bonds is 1. The molecule has 1 saturated heterocycles. The van der Waals surface area contributed by atoms with E-state index >= 15 is 0 Å². The van der Waals surface area contributed by atoms with Crippen LogP contribution in [-0.4, -0.2) is 22.8 Å². The average molecular weight is 203 g/mol. The Morgan fingerprint density at radius 3 is 3.07 bits per heavy atom. The van der Waals surface area contributed by atoms with Gasteiger partial charge in [0.15, 0.2) is 0 Å². The number of nitrogens with zero attached hydrogens (tertiary/aromatic N) is 2. The summed E-state index contributed by atoms with van der Waals surface area (Å²) >= 11 is 0. The van der Waals surface area contributed by atoms with Gasteiger partial charge in [0, 0.05) is 6.61 Å².